The number of alkyl halides is 3. The number of hydrogen-bond acceptors (Lipinski definition) is 4. The number of likely N-dealkylation sites (tertiary alicyclic amines) is 1. The molecule has 1 saturated heterocycles. The molecular formula is C24H24F3N3O2. The standard InChI is InChI=1S/C24H24F3N3O2/c1-16-6-4-13-29(16)14-5-15-31-18-11-9-17(10-12-18)30-21-19-7-2-3-8-20(19)32-22(21)23(28-30)24(25,26)27/h2-3,7-12,16H,4-6,13-15H2,1H3. The Morgan fingerprint density at radius 3 is 2.62 bits per heavy atom. The minimum Gasteiger partial charge on any atom is -0.494 e. The number of furan rings is 1. The predicted octanol–water partition coefficient (Wildman–Crippen LogP) is 6.04. The van der Waals surface area contributed by atoms with Crippen molar-refractivity contribution >= 4 is 22.1 Å². The number of benzene rings is 2. The molecule has 0 spiro atoms. The van der Waals surface area contributed by atoms with Gasteiger partial charge in [0.1, 0.15) is 16.8 Å². The number of para-hydroxylation sites is 1. The van der Waals surface area contributed by atoms with Crippen LogP contribution in [-0.4, -0.2) is 40.4 Å². The lowest BCUT2D eigenvalue weighted by Crippen LogP contribution is -2.28. The molecule has 5 rings (SSSR count). The number of rotatable bonds is 6. The van der Waals surface area contributed by atoms with E-state index in [4.69, 9.17) is 9.15 Å². The maximum atomic E-state index is 13.6. The van der Waals surface area contributed by atoms with E-state index < -0.39 is 11.9 Å². The van der Waals surface area contributed by atoms with Crippen LogP contribution in [0.3, 0.4) is 0 Å². The second-order valence-corrected chi connectivity index (χ2v) is 8.26. The van der Waals surface area contributed by atoms with E-state index in [0.717, 1.165) is 19.5 Å². The monoisotopic (exact) mass is 443 g/mol. The molecule has 0 amide bonds. The molecule has 8 heteroatoms. The smallest absolute Gasteiger partial charge is 0.438 e. The Morgan fingerprint density at radius 1 is 1.12 bits per heavy atom. The fraction of sp³-hybridized carbons (Fsp3) is 0.375. The zero-order valence-corrected chi connectivity index (χ0v) is 17.7. The minimum atomic E-state index is -4.62. The second kappa shape index (κ2) is 8.16. The van der Waals surface area contributed by atoms with Crippen LogP contribution in [-0.2, 0) is 6.18 Å². The van der Waals surface area contributed by atoms with Crippen LogP contribution < -0.4 is 4.74 Å². The Morgan fingerprint density at radius 2 is 1.91 bits per heavy atom. The first-order chi connectivity index (χ1) is 15.4. The summed E-state index contributed by atoms with van der Waals surface area (Å²) >= 11 is 0. The van der Waals surface area contributed by atoms with Crippen molar-refractivity contribution in [3.63, 3.8) is 0 Å². The predicted molar refractivity (Wildman–Crippen MR) is 116 cm³/mol. The normalized spacial score (nSPS) is 17.6. The van der Waals surface area contributed by atoms with Crippen LogP contribution in [0.2, 0.25) is 0 Å². The third kappa shape index (κ3) is 3.83. The van der Waals surface area contributed by atoms with E-state index >= 15 is 0 Å². The van der Waals surface area contributed by atoms with Gasteiger partial charge in [-0.1, -0.05) is 12.1 Å². The van der Waals surface area contributed by atoms with Gasteiger partial charge in [0.15, 0.2) is 5.58 Å². The maximum absolute atomic E-state index is 13.6. The Bertz CT molecular complexity index is 1230. The molecule has 2 aromatic carbocycles. The van der Waals surface area contributed by atoms with E-state index in [2.05, 4.69) is 16.9 Å². The summed E-state index contributed by atoms with van der Waals surface area (Å²) in [6, 6.07) is 14.5. The highest BCUT2D eigenvalue weighted by Crippen LogP contribution is 2.39. The zero-order valence-electron chi connectivity index (χ0n) is 17.7. The van der Waals surface area contributed by atoms with Gasteiger partial charge in [-0.3, -0.25) is 0 Å². The highest BCUT2D eigenvalue weighted by Gasteiger charge is 2.39. The fourth-order valence-electron chi connectivity index (χ4n) is 4.44. The van der Waals surface area contributed by atoms with E-state index in [9.17, 15) is 13.2 Å². The first-order valence-electron chi connectivity index (χ1n) is 10.9. The molecule has 32 heavy (non-hydrogen) atoms. The summed E-state index contributed by atoms with van der Waals surface area (Å²) in [5.74, 6) is 0.680. The summed E-state index contributed by atoms with van der Waals surface area (Å²) in [4.78, 5) is 2.48. The SMILES string of the molecule is CC1CCCN1CCCOc1ccc(-n2nc(C(F)(F)F)c3oc4ccccc4c32)cc1. The van der Waals surface area contributed by atoms with E-state index in [1.54, 1.807) is 48.5 Å². The van der Waals surface area contributed by atoms with Gasteiger partial charge in [-0.2, -0.15) is 18.3 Å². The number of aromatic nitrogens is 2. The Labute approximate surface area is 183 Å². The minimum absolute atomic E-state index is 0.254. The first-order valence-corrected chi connectivity index (χ1v) is 10.9. The lowest BCUT2D eigenvalue weighted by molar-refractivity contribution is -0.140. The van der Waals surface area contributed by atoms with Gasteiger partial charge in [0.05, 0.1) is 12.3 Å². The van der Waals surface area contributed by atoms with Crippen molar-refractivity contribution in [2.75, 3.05) is 19.7 Å². The van der Waals surface area contributed by atoms with Gasteiger partial charge in [0.25, 0.3) is 0 Å². The van der Waals surface area contributed by atoms with Crippen molar-refractivity contribution < 1.29 is 22.3 Å². The summed E-state index contributed by atoms with van der Waals surface area (Å²) in [5, 5.41) is 4.43. The number of hydrogen-bond donors (Lipinski definition) is 0. The van der Waals surface area contributed by atoms with Crippen molar-refractivity contribution in [2.45, 2.75) is 38.4 Å². The molecule has 0 N–H and O–H groups in total. The van der Waals surface area contributed by atoms with E-state index in [0.29, 0.717) is 40.6 Å². The van der Waals surface area contributed by atoms with Crippen LogP contribution in [0.5, 0.6) is 5.75 Å². The average Bonchev–Trinajstić information content (AvgIpc) is 3.45. The van der Waals surface area contributed by atoms with Gasteiger partial charge < -0.3 is 14.1 Å². The Kier molecular flexibility index (Phi) is 5.33. The largest absolute Gasteiger partial charge is 0.494 e. The summed E-state index contributed by atoms with van der Waals surface area (Å²) in [6.07, 6.45) is -1.17. The average molecular weight is 443 g/mol. The topological polar surface area (TPSA) is 43.4 Å². The van der Waals surface area contributed by atoms with Crippen molar-refractivity contribution in [1.82, 2.24) is 14.7 Å². The summed E-state index contributed by atoms with van der Waals surface area (Å²) < 4.78 is 53.4. The molecule has 0 aliphatic carbocycles. The molecule has 2 aromatic heterocycles. The molecule has 168 valence electrons. The van der Waals surface area contributed by atoms with Crippen LogP contribution in [0.25, 0.3) is 27.8 Å². The van der Waals surface area contributed by atoms with Gasteiger partial charge in [-0.25, -0.2) is 4.68 Å². The summed E-state index contributed by atoms with van der Waals surface area (Å²) in [5.41, 5.74) is -0.0709. The van der Waals surface area contributed by atoms with Crippen molar-refractivity contribution in [3.05, 3.63) is 54.2 Å². The van der Waals surface area contributed by atoms with Crippen LogP contribution >= 0.6 is 0 Å². The molecule has 1 atom stereocenters. The Hall–Kier alpha value is -3.00. The third-order valence-corrected chi connectivity index (χ3v) is 6.09. The lowest BCUT2D eigenvalue weighted by Gasteiger charge is -2.20. The van der Waals surface area contributed by atoms with Crippen molar-refractivity contribution in [1.29, 1.82) is 0 Å². The van der Waals surface area contributed by atoms with Gasteiger partial charge in [-0.05, 0) is 69.1 Å². The quantitative estimate of drug-likeness (QED) is 0.341. The Balaban J connectivity index is 1.37. The van der Waals surface area contributed by atoms with E-state index in [1.165, 1.54) is 17.5 Å². The van der Waals surface area contributed by atoms with E-state index in [1.807, 2.05) is 0 Å². The van der Waals surface area contributed by atoms with E-state index in [-0.39, 0.29) is 5.58 Å². The van der Waals surface area contributed by atoms with Crippen LogP contribution in [0.1, 0.15) is 31.9 Å². The van der Waals surface area contributed by atoms with Crippen LogP contribution in [0.15, 0.2) is 52.9 Å². The first kappa shape index (κ1) is 20.9. The highest BCUT2D eigenvalue weighted by molar-refractivity contribution is 6.04. The summed E-state index contributed by atoms with van der Waals surface area (Å²) in [7, 11) is 0. The highest BCUT2D eigenvalue weighted by atomic mass is 19.4. The molecule has 1 aliphatic heterocycles. The van der Waals surface area contributed by atoms with Gasteiger partial charge in [-0.15, -0.1) is 0 Å². The number of ether oxygens (including phenoxy) is 1. The number of halogens is 3. The van der Waals surface area contributed by atoms with Crippen molar-refractivity contribution in [2.24, 2.45) is 0 Å². The molecule has 5 nitrogen and oxygen atoms in total. The zero-order chi connectivity index (χ0) is 22.3. The molecule has 1 unspecified atom stereocenters. The molecule has 0 radical (unpaired) electrons. The molecule has 1 aliphatic rings. The third-order valence-electron chi connectivity index (χ3n) is 6.09. The fourth-order valence-corrected chi connectivity index (χ4v) is 4.44. The number of nitrogens with zero attached hydrogens (tertiary/aromatic N) is 3. The van der Waals surface area contributed by atoms with Gasteiger partial charge >= 0.3 is 6.18 Å². The number of fused-ring (bicyclic) bond motifs is 3. The summed E-state index contributed by atoms with van der Waals surface area (Å²) in [6.45, 7) is 5.01. The molecule has 3 heterocycles. The molecule has 1 fully saturated rings. The molecular weight excluding hydrogens is 419 g/mol. The molecule has 4 aromatic rings. The van der Waals surface area contributed by atoms with Crippen LogP contribution in [0.4, 0.5) is 13.2 Å². The van der Waals surface area contributed by atoms with Gasteiger partial charge in [0.2, 0.25) is 5.69 Å². The maximum Gasteiger partial charge on any atom is 0.438 e. The second-order valence-electron chi connectivity index (χ2n) is 8.26. The lowest BCUT2D eigenvalue weighted by atomic mass is 10.2. The van der Waals surface area contributed by atoms with Crippen LogP contribution in [0, 0.1) is 0 Å². The molecule has 0 saturated carbocycles. The van der Waals surface area contributed by atoms with Gasteiger partial charge in [0, 0.05) is 18.0 Å². The van der Waals surface area contributed by atoms with Crippen molar-refractivity contribution in [3.8, 4) is 11.4 Å². The molecule has 0 bridgehead atoms.